The summed E-state index contributed by atoms with van der Waals surface area (Å²) in [7, 11) is 0. The van der Waals surface area contributed by atoms with E-state index in [-0.39, 0.29) is 17.9 Å². The minimum atomic E-state index is -0.222. The Morgan fingerprint density at radius 3 is 2.56 bits per heavy atom. The standard InChI is InChI=1S/C12H12N2O2/c1-6-4-8-10(9(13)5-6)12(16)14(11(8)15)7-2-3-7/h4-5,7H,2-3,13H2,1H3. The number of nitrogens with zero attached hydrogens (tertiary/aromatic N) is 1. The predicted octanol–water partition coefficient (Wildman–Crippen LogP) is 1.34. The van der Waals surface area contributed by atoms with Gasteiger partial charge < -0.3 is 5.73 Å². The number of benzene rings is 1. The Morgan fingerprint density at radius 2 is 1.94 bits per heavy atom. The summed E-state index contributed by atoms with van der Waals surface area (Å²) >= 11 is 0. The molecular weight excluding hydrogens is 204 g/mol. The Morgan fingerprint density at radius 1 is 1.25 bits per heavy atom. The van der Waals surface area contributed by atoms with Crippen molar-refractivity contribution in [2.75, 3.05) is 5.73 Å². The van der Waals surface area contributed by atoms with Crippen molar-refractivity contribution >= 4 is 17.5 Å². The van der Waals surface area contributed by atoms with Crippen molar-refractivity contribution in [3.8, 4) is 0 Å². The second-order valence-electron chi connectivity index (χ2n) is 4.49. The molecule has 2 N–H and O–H groups in total. The molecule has 3 rings (SSSR count). The van der Waals surface area contributed by atoms with Crippen molar-refractivity contribution in [1.29, 1.82) is 0 Å². The molecule has 1 saturated carbocycles. The first-order chi connectivity index (χ1) is 7.59. The van der Waals surface area contributed by atoms with E-state index < -0.39 is 0 Å². The highest BCUT2D eigenvalue weighted by Gasteiger charge is 2.45. The molecule has 0 spiro atoms. The molecule has 1 fully saturated rings. The molecule has 4 nitrogen and oxygen atoms in total. The zero-order valence-corrected chi connectivity index (χ0v) is 8.99. The topological polar surface area (TPSA) is 63.4 Å². The van der Waals surface area contributed by atoms with E-state index in [0.717, 1.165) is 18.4 Å². The van der Waals surface area contributed by atoms with Crippen molar-refractivity contribution in [3.63, 3.8) is 0 Å². The molecule has 0 bridgehead atoms. The first-order valence-corrected chi connectivity index (χ1v) is 5.37. The molecule has 2 amide bonds. The van der Waals surface area contributed by atoms with Gasteiger partial charge in [-0.1, -0.05) is 0 Å². The van der Waals surface area contributed by atoms with Gasteiger partial charge in [-0.05, 0) is 37.5 Å². The van der Waals surface area contributed by atoms with Gasteiger partial charge in [-0.15, -0.1) is 0 Å². The van der Waals surface area contributed by atoms with E-state index in [9.17, 15) is 9.59 Å². The molecular formula is C12H12N2O2. The van der Waals surface area contributed by atoms with Crippen molar-refractivity contribution in [2.45, 2.75) is 25.8 Å². The number of aryl methyl sites for hydroxylation is 1. The van der Waals surface area contributed by atoms with Crippen LogP contribution in [0.15, 0.2) is 12.1 Å². The average Bonchev–Trinajstić information content (AvgIpc) is 2.97. The van der Waals surface area contributed by atoms with Gasteiger partial charge in [0.15, 0.2) is 0 Å². The van der Waals surface area contributed by atoms with Crippen LogP contribution >= 0.6 is 0 Å². The molecule has 0 saturated heterocycles. The summed E-state index contributed by atoms with van der Waals surface area (Å²) in [5.41, 5.74) is 7.99. The summed E-state index contributed by atoms with van der Waals surface area (Å²) < 4.78 is 0. The number of rotatable bonds is 1. The smallest absolute Gasteiger partial charge is 0.263 e. The van der Waals surface area contributed by atoms with Gasteiger partial charge in [0.05, 0.1) is 11.1 Å². The summed E-state index contributed by atoms with van der Waals surface area (Å²) in [5.74, 6) is -0.405. The zero-order valence-electron chi connectivity index (χ0n) is 8.99. The molecule has 82 valence electrons. The second-order valence-corrected chi connectivity index (χ2v) is 4.49. The van der Waals surface area contributed by atoms with E-state index in [4.69, 9.17) is 5.73 Å². The number of hydrogen-bond acceptors (Lipinski definition) is 3. The monoisotopic (exact) mass is 216 g/mol. The average molecular weight is 216 g/mol. The Balaban J connectivity index is 2.18. The molecule has 0 radical (unpaired) electrons. The fraction of sp³-hybridized carbons (Fsp3) is 0.333. The highest BCUT2D eigenvalue weighted by atomic mass is 16.2. The normalized spacial score (nSPS) is 19.2. The number of carbonyl (C=O) groups is 2. The fourth-order valence-corrected chi connectivity index (χ4v) is 2.23. The minimum absolute atomic E-state index is 0.104. The molecule has 1 heterocycles. The van der Waals surface area contributed by atoms with E-state index in [1.54, 1.807) is 12.1 Å². The Hall–Kier alpha value is -1.84. The van der Waals surface area contributed by atoms with E-state index in [0.29, 0.717) is 16.8 Å². The fourth-order valence-electron chi connectivity index (χ4n) is 2.23. The van der Waals surface area contributed by atoms with Crippen LogP contribution in [0.3, 0.4) is 0 Å². The molecule has 4 heteroatoms. The molecule has 0 unspecified atom stereocenters. The van der Waals surface area contributed by atoms with E-state index in [1.165, 1.54) is 4.90 Å². The lowest BCUT2D eigenvalue weighted by Crippen LogP contribution is -2.31. The highest BCUT2D eigenvalue weighted by Crippen LogP contribution is 2.36. The van der Waals surface area contributed by atoms with Gasteiger partial charge >= 0.3 is 0 Å². The second kappa shape index (κ2) is 2.84. The van der Waals surface area contributed by atoms with Crippen LogP contribution in [0.2, 0.25) is 0 Å². The number of fused-ring (bicyclic) bond motifs is 1. The third-order valence-electron chi connectivity index (χ3n) is 3.11. The quantitative estimate of drug-likeness (QED) is 0.569. The summed E-state index contributed by atoms with van der Waals surface area (Å²) in [6.07, 6.45) is 1.84. The first-order valence-electron chi connectivity index (χ1n) is 5.37. The van der Waals surface area contributed by atoms with E-state index in [2.05, 4.69) is 0 Å². The van der Waals surface area contributed by atoms with Crippen LogP contribution in [0.25, 0.3) is 0 Å². The maximum absolute atomic E-state index is 12.0. The lowest BCUT2D eigenvalue weighted by atomic mass is 10.0. The number of nitrogens with two attached hydrogens (primary N) is 1. The van der Waals surface area contributed by atoms with Crippen molar-refractivity contribution in [3.05, 3.63) is 28.8 Å². The van der Waals surface area contributed by atoms with Crippen molar-refractivity contribution < 1.29 is 9.59 Å². The van der Waals surface area contributed by atoms with Gasteiger partial charge in [-0.2, -0.15) is 0 Å². The van der Waals surface area contributed by atoms with Crippen LogP contribution in [-0.4, -0.2) is 22.8 Å². The molecule has 0 atom stereocenters. The predicted molar refractivity (Wildman–Crippen MR) is 59.1 cm³/mol. The van der Waals surface area contributed by atoms with Crippen LogP contribution in [0.1, 0.15) is 39.1 Å². The molecule has 0 aromatic heterocycles. The molecule has 16 heavy (non-hydrogen) atoms. The van der Waals surface area contributed by atoms with Crippen molar-refractivity contribution in [1.82, 2.24) is 4.90 Å². The molecule has 2 aliphatic rings. The number of carbonyl (C=O) groups excluding carboxylic acids is 2. The number of anilines is 1. The first kappa shape index (κ1) is 9.39. The Bertz CT molecular complexity index is 518. The lowest BCUT2D eigenvalue weighted by Gasteiger charge is -2.11. The van der Waals surface area contributed by atoms with Crippen LogP contribution in [0.4, 0.5) is 5.69 Å². The number of imide groups is 1. The third kappa shape index (κ3) is 1.10. The number of hydrogen-bond donors (Lipinski definition) is 1. The zero-order chi connectivity index (χ0) is 11.4. The van der Waals surface area contributed by atoms with E-state index >= 15 is 0 Å². The molecule has 1 aliphatic carbocycles. The summed E-state index contributed by atoms with van der Waals surface area (Å²) in [6, 6.07) is 3.58. The summed E-state index contributed by atoms with van der Waals surface area (Å²) in [4.78, 5) is 25.5. The van der Waals surface area contributed by atoms with Crippen LogP contribution in [-0.2, 0) is 0 Å². The summed E-state index contributed by atoms with van der Waals surface area (Å²) in [5, 5.41) is 0. The molecule has 1 aromatic rings. The third-order valence-corrected chi connectivity index (χ3v) is 3.11. The van der Waals surface area contributed by atoms with Gasteiger partial charge in [-0.3, -0.25) is 14.5 Å². The number of amides is 2. The maximum Gasteiger partial charge on any atom is 0.263 e. The van der Waals surface area contributed by atoms with Crippen LogP contribution < -0.4 is 5.73 Å². The Kier molecular flexibility index (Phi) is 1.67. The van der Waals surface area contributed by atoms with Gasteiger partial charge in [0.1, 0.15) is 0 Å². The largest absolute Gasteiger partial charge is 0.398 e. The SMILES string of the molecule is Cc1cc(N)c2c(c1)C(=O)N(C1CC1)C2=O. The maximum atomic E-state index is 12.0. The summed E-state index contributed by atoms with van der Waals surface area (Å²) in [6.45, 7) is 1.87. The highest BCUT2D eigenvalue weighted by molar-refractivity contribution is 6.24. The van der Waals surface area contributed by atoms with Crippen LogP contribution in [0, 0.1) is 6.92 Å². The van der Waals surface area contributed by atoms with Gasteiger partial charge in [-0.25, -0.2) is 0 Å². The minimum Gasteiger partial charge on any atom is -0.398 e. The van der Waals surface area contributed by atoms with Crippen molar-refractivity contribution in [2.24, 2.45) is 0 Å². The lowest BCUT2D eigenvalue weighted by molar-refractivity contribution is 0.0643. The Labute approximate surface area is 93.0 Å². The molecule has 1 aliphatic heterocycles. The van der Waals surface area contributed by atoms with Gasteiger partial charge in [0, 0.05) is 11.7 Å². The van der Waals surface area contributed by atoms with Gasteiger partial charge in [0.25, 0.3) is 11.8 Å². The number of nitrogen functional groups attached to an aromatic ring is 1. The molecule has 1 aromatic carbocycles. The van der Waals surface area contributed by atoms with Gasteiger partial charge in [0.2, 0.25) is 0 Å². The van der Waals surface area contributed by atoms with Crippen LogP contribution in [0.5, 0.6) is 0 Å². The van der Waals surface area contributed by atoms with E-state index in [1.807, 2.05) is 6.92 Å².